The van der Waals surface area contributed by atoms with E-state index >= 15 is 0 Å². The standard InChI is InChI=1S/C73H145NO5/c1-3-5-7-9-11-13-15-17-39-42-45-49-53-57-61-65-71(76)70(69-75)74-72(77)66-62-58-54-50-46-43-40-37-35-33-31-29-27-25-23-21-19-18-20-22-24-26-28-30-32-34-36-38-41-44-48-52-56-60-64-68-79-73(78)67-63-59-55-51-47-16-14-12-10-8-6-4-2/h70-71,75-76H,3-69H2,1-2H3,(H,74,77). The van der Waals surface area contributed by atoms with Crippen LogP contribution in [0.4, 0.5) is 0 Å². The first-order chi connectivity index (χ1) is 39.0. The minimum atomic E-state index is -0.659. The van der Waals surface area contributed by atoms with E-state index in [0.29, 0.717) is 25.9 Å². The van der Waals surface area contributed by atoms with Crippen LogP contribution in [0, 0.1) is 0 Å². The van der Waals surface area contributed by atoms with Crippen LogP contribution >= 0.6 is 0 Å². The summed E-state index contributed by atoms with van der Waals surface area (Å²) in [6.07, 6.45) is 84.7. The number of carbonyl (C=O) groups is 2. The van der Waals surface area contributed by atoms with Crippen molar-refractivity contribution in [2.45, 2.75) is 443 Å². The normalized spacial score (nSPS) is 12.4. The van der Waals surface area contributed by atoms with Crippen molar-refractivity contribution in [3.63, 3.8) is 0 Å². The van der Waals surface area contributed by atoms with E-state index in [-0.39, 0.29) is 18.5 Å². The maximum absolute atomic E-state index is 12.5. The van der Waals surface area contributed by atoms with Crippen molar-refractivity contribution in [1.29, 1.82) is 0 Å². The lowest BCUT2D eigenvalue weighted by atomic mass is 10.0. The summed E-state index contributed by atoms with van der Waals surface area (Å²) in [6.45, 7) is 5.00. The molecule has 2 atom stereocenters. The largest absolute Gasteiger partial charge is 0.466 e. The highest BCUT2D eigenvalue weighted by Crippen LogP contribution is 2.20. The van der Waals surface area contributed by atoms with Gasteiger partial charge in [-0.25, -0.2) is 0 Å². The maximum Gasteiger partial charge on any atom is 0.305 e. The summed E-state index contributed by atoms with van der Waals surface area (Å²) in [5.41, 5.74) is 0. The number of unbranched alkanes of at least 4 members (excludes halogenated alkanes) is 59. The Hall–Kier alpha value is -1.14. The van der Waals surface area contributed by atoms with Gasteiger partial charge in [-0.1, -0.05) is 393 Å². The Balaban J connectivity index is 3.29. The Labute approximate surface area is 496 Å². The second-order valence-corrected chi connectivity index (χ2v) is 25.6. The first-order valence-electron chi connectivity index (χ1n) is 36.8. The molecule has 0 fully saturated rings. The summed E-state index contributed by atoms with van der Waals surface area (Å²) in [7, 11) is 0. The van der Waals surface area contributed by atoms with E-state index in [9.17, 15) is 19.8 Å². The molecule has 0 bridgehead atoms. The molecule has 0 aliphatic rings. The van der Waals surface area contributed by atoms with E-state index in [1.807, 2.05) is 0 Å². The van der Waals surface area contributed by atoms with Crippen molar-refractivity contribution < 1.29 is 24.5 Å². The third-order valence-corrected chi connectivity index (χ3v) is 17.7. The van der Waals surface area contributed by atoms with Gasteiger partial charge in [0.2, 0.25) is 5.91 Å². The van der Waals surface area contributed by atoms with Crippen LogP contribution in [0.25, 0.3) is 0 Å². The molecule has 0 heterocycles. The molecular weight excluding hydrogens is 971 g/mol. The molecule has 0 saturated carbocycles. The number of hydrogen-bond donors (Lipinski definition) is 3. The lowest BCUT2D eigenvalue weighted by Gasteiger charge is -2.22. The molecule has 0 rings (SSSR count). The van der Waals surface area contributed by atoms with Gasteiger partial charge in [0.1, 0.15) is 0 Å². The zero-order chi connectivity index (χ0) is 57.1. The first-order valence-corrected chi connectivity index (χ1v) is 36.8. The minimum Gasteiger partial charge on any atom is -0.466 e. The molecule has 79 heavy (non-hydrogen) atoms. The van der Waals surface area contributed by atoms with E-state index in [0.717, 1.165) is 38.5 Å². The Morgan fingerprint density at radius 3 is 0.772 bits per heavy atom. The van der Waals surface area contributed by atoms with Gasteiger partial charge in [0.25, 0.3) is 0 Å². The second kappa shape index (κ2) is 69.4. The van der Waals surface area contributed by atoms with Gasteiger partial charge in [-0.2, -0.15) is 0 Å². The van der Waals surface area contributed by atoms with Gasteiger partial charge in [-0.3, -0.25) is 9.59 Å². The first kappa shape index (κ1) is 77.9. The third-order valence-electron chi connectivity index (χ3n) is 17.7. The topological polar surface area (TPSA) is 95.9 Å². The van der Waals surface area contributed by atoms with Gasteiger partial charge >= 0.3 is 5.97 Å². The van der Waals surface area contributed by atoms with Crippen LogP contribution in [-0.2, 0) is 14.3 Å². The van der Waals surface area contributed by atoms with E-state index < -0.39 is 12.1 Å². The molecule has 0 aliphatic heterocycles. The molecule has 0 radical (unpaired) electrons. The predicted octanol–water partition coefficient (Wildman–Crippen LogP) is 23.8. The van der Waals surface area contributed by atoms with E-state index in [1.54, 1.807) is 0 Å². The zero-order valence-electron chi connectivity index (χ0n) is 54.2. The number of hydrogen-bond acceptors (Lipinski definition) is 5. The number of esters is 1. The molecule has 0 spiro atoms. The molecule has 6 heteroatoms. The van der Waals surface area contributed by atoms with Gasteiger partial charge < -0.3 is 20.3 Å². The highest BCUT2D eigenvalue weighted by atomic mass is 16.5. The number of amides is 1. The van der Waals surface area contributed by atoms with Gasteiger partial charge in [-0.15, -0.1) is 0 Å². The molecule has 0 saturated heterocycles. The van der Waals surface area contributed by atoms with E-state index in [2.05, 4.69) is 19.2 Å². The van der Waals surface area contributed by atoms with Crippen LogP contribution in [0.1, 0.15) is 431 Å². The number of aliphatic hydroxyl groups is 2. The Morgan fingerprint density at radius 1 is 0.304 bits per heavy atom. The highest BCUT2D eigenvalue weighted by molar-refractivity contribution is 5.76. The molecule has 472 valence electrons. The SMILES string of the molecule is CCCCCCCCCCCCCCCCCC(O)C(CO)NC(=O)CCCCCCCCCCCCCCCCCCCCCCCCCCCCCCCCCCCCCOC(=O)CCCCCCCCCCCCCC. The quantitative estimate of drug-likeness (QED) is 0.0417. The second-order valence-electron chi connectivity index (χ2n) is 25.6. The minimum absolute atomic E-state index is 0.0244. The number of ether oxygens (including phenoxy) is 1. The molecular formula is C73H145NO5. The summed E-state index contributed by atoms with van der Waals surface area (Å²) in [5, 5.41) is 23.3. The van der Waals surface area contributed by atoms with E-state index in [4.69, 9.17) is 4.74 Å². The molecule has 0 aliphatic carbocycles. The van der Waals surface area contributed by atoms with E-state index in [1.165, 1.54) is 360 Å². The molecule has 2 unspecified atom stereocenters. The molecule has 0 aromatic heterocycles. The van der Waals surface area contributed by atoms with Crippen molar-refractivity contribution in [3.05, 3.63) is 0 Å². The summed E-state index contributed by atoms with van der Waals surface area (Å²) in [4.78, 5) is 24.5. The molecule has 6 nitrogen and oxygen atoms in total. The molecule has 0 aromatic carbocycles. The van der Waals surface area contributed by atoms with Crippen molar-refractivity contribution in [1.82, 2.24) is 5.32 Å². The summed E-state index contributed by atoms with van der Waals surface area (Å²) in [6, 6.07) is -0.536. The zero-order valence-corrected chi connectivity index (χ0v) is 54.2. The van der Waals surface area contributed by atoms with Crippen LogP contribution in [0.5, 0.6) is 0 Å². The molecule has 0 aromatic rings. The van der Waals surface area contributed by atoms with Gasteiger partial charge in [0.15, 0.2) is 0 Å². The van der Waals surface area contributed by atoms with Crippen LogP contribution in [0.2, 0.25) is 0 Å². The Bertz CT molecular complexity index is 1150. The summed E-state index contributed by atoms with van der Waals surface area (Å²) in [5.74, 6) is -0.00134. The molecule has 1 amide bonds. The third kappa shape index (κ3) is 65.9. The van der Waals surface area contributed by atoms with Gasteiger partial charge in [0.05, 0.1) is 25.4 Å². The van der Waals surface area contributed by atoms with Crippen molar-refractivity contribution >= 4 is 11.9 Å². The smallest absolute Gasteiger partial charge is 0.305 e. The number of rotatable bonds is 70. The maximum atomic E-state index is 12.5. The summed E-state index contributed by atoms with van der Waals surface area (Å²) >= 11 is 0. The van der Waals surface area contributed by atoms with Crippen molar-refractivity contribution in [2.75, 3.05) is 13.2 Å². The average molecular weight is 1120 g/mol. The average Bonchev–Trinajstić information content (AvgIpc) is 3.45. The fraction of sp³-hybridized carbons (Fsp3) is 0.973. The monoisotopic (exact) mass is 1120 g/mol. The lowest BCUT2D eigenvalue weighted by Crippen LogP contribution is -2.45. The van der Waals surface area contributed by atoms with Gasteiger partial charge in [-0.05, 0) is 25.7 Å². The van der Waals surface area contributed by atoms with Crippen molar-refractivity contribution in [3.8, 4) is 0 Å². The highest BCUT2D eigenvalue weighted by Gasteiger charge is 2.20. The summed E-state index contributed by atoms with van der Waals surface area (Å²) < 4.78 is 5.49. The number of carbonyl (C=O) groups excluding carboxylic acids is 2. The predicted molar refractivity (Wildman–Crippen MR) is 347 cm³/mol. The van der Waals surface area contributed by atoms with Crippen molar-refractivity contribution in [2.24, 2.45) is 0 Å². The Morgan fingerprint density at radius 2 is 0.519 bits per heavy atom. The van der Waals surface area contributed by atoms with Crippen LogP contribution < -0.4 is 5.32 Å². The van der Waals surface area contributed by atoms with Crippen LogP contribution in [0.15, 0.2) is 0 Å². The fourth-order valence-electron chi connectivity index (χ4n) is 12.1. The Kier molecular flexibility index (Phi) is 68.4. The molecule has 3 N–H and O–H groups in total. The van der Waals surface area contributed by atoms with Crippen LogP contribution in [-0.4, -0.2) is 47.4 Å². The fourth-order valence-corrected chi connectivity index (χ4v) is 12.1. The van der Waals surface area contributed by atoms with Crippen LogP contribution in [0.3, 0.4) is 0 Å². The van der Waals surface area contributed by atoms with Gasteiger partial charge in [0, 0.05) is 12.8 Å². The number of nitrogens with one attached hydrogen (secondary N) is 1. The lowest BCUT2D eigenvalue weighted by molar-refractivity contribution is -0.143. The number of aliphatic hydroxyl groups excluding tert-OH is 2.